The number of amides is 1. The van der Waals surface area contributed by atoms with Gasteiger partial charge < -0.3 is 10.6 Å². The molecule has 0 radical (unpaired) electrons. The van der Waals surface area contributed by atoms with Crippen molar-refractivity contribution in [1.82, 2.24) is 10.3 Å². The smallest absolute Gasteiger partial charge is 0.239 e. The summed E-state index contributed by atoms with van der Waals surface area (Å²) in [5.41, 5.74) is 0. The molecule has 1 amide bonds. The van der Waals surface area contributed by atoms with Crippen LogP contribution in [0.2, 0.25) is 10.0 Å². The van der Waals surface area contributed by atoms with Crippen LogP contribution in [0.4, 0.5) is 5.82 Å². The molecule has 0 aliphatic rings. The first kappa shape index (κ1) is 14.1. The lowest BCUT2D eigenvalue weighted by atomic mass is 10.2. The molecule has 2 N–H and O–H groups in total. The van der Waals surface area contributed by atoms with Gasteiger partial charge in [0.05, 0.1) is 16.6 Å². The number of carbonyl (C=O) groups excluding carboxylic acids is 1. The quantitative estimate of drug-likeness (QED) is 0.869. The van der Waals surface area contributed by atoms with Gasteiger partial charge in [0.15, 0.2) is 0 Å². The molecular formula is C11H15Cl2N3O. The highest BCUT2D eigenvalue weighted by Gasteiger charge is 2.05. The van der Waals surface area contributed by atoms with Gasteiger partial charge in [0.1, 0.15) is 5.82 Å². The predicted molar refractivity (Wildman–Crippen MR) is 70.6 cm³/mol. The predicted octanol–water partition coefficient (Wildman–Crippen LogP) is 2.57. The minimum absolute atomic E-state index is 0.0912. The highest BCUT2D eigenvalue weighted by atomic mass is 35.5. The number of halogens is 2. The van der Waals surface area contributed by atoms with Gasteiger partial charge in [-0.2, -0.15) is 0 Å². The normalized spacial score (nSPS) is 10.4. The lowest BCUT2D eigenvalue weighted by molar-refractivity contribution is -0.119. The molecule has 94 valence electrons. The van der Waals surface area contributed by atoms with Crippen LogP contribution in [-0.4, -0.2) is 24.0 Å². The van der Waals surface area contributed by atoms with Crippen LogP contribution in [0.1, 0.15) is 13.8 Å². The van der Waals surface area contributed by atoms with Crippen molar-refractivity contribution in [2.75, 3.05) is 18.4 Å². The van der Waals surface area contributed by atoms with Crippen molar-refractivity contribution in [2.24, 2.45) is 5.92 Å². The molecule has 0 unspecified atom stereocenters. The van der Waals surface area contributed by atoms with Gasteiger partial charge in [-0.1, -0.05) is 37.0 Å². The molecule has 1 rings (SSSR count). The molecule has 17 heavy (non-hydrogen) atoms. The first-order valence-corrected chi connectivity index (χ1v) is 6.06. The van der Waals surface area contributed by atoms with Gasteiger partial charge in [-0.05, 0) is 12.0 Å². The van der Waals surface area contributed by atoms with E-state index in [1.165, 1.54) is 6.20 Å². The first-order chi connectivity index (χ1) is 7.99. The van der Waals surface area contributed by atoms with Crippen molar-refractivity contribution in [3.8, 4) is 0 Å². The number of pyridine rings is 1. The third-order valence-corrected chi connectivity index (χ3v) is 2.43. The molecule has 0 saturated carbocycles. The zero-order valence-electron chi connectivity index (χ0n) is 9.76. The fraction of sp³-hybridized carbons (Fsp3) is 0.455. The van der Waals surface area contributed by atoms with Crippen LogP contribution < -0.4 is 10.6 Å². The van der Waals surface area contributed by atoms with Gasteiger partial charge in [-0.15, -0.1) is 0 Å². The SMILES string of the molecule is CC(C)CNC(=O)CNc1ncc(Cl)cc1Cl. The van der Waals surface area contributed by atoms with E-state index in [0.717, 1.165) is 0 Å². The van der Waals surface area contributed by atoms with E-state index in [2.05, 4.69) is 15.6 Å². The first-order valence-electron chi connectivity index (χ1n) is 5.30. The van der Waals surface area contributed by atoms with Crippen molar-refractivity contribution < 1.29 is 4.79 Å². The number of carbonyl (C=O) groups is 1. The summed E-state index contributed by atoms with van der Waals surface area (Å²) < 4.78 is 0. The maximum atomic E-state index is 11.4. The Labute approximate surface area is 111 Å². The van der Waals surface area contributed by atoms with E-state index >= 15 is 0 Å². The molecule has 0 aliphatic heterocycles. The summed E-state index contributed by atoms with van der Waals surface area (Å²) in [7, 11) is 0. The molecule has 6 heteroatoms. The lowest BCUT2D eigenvalue weighted by Gasteiger charge is -2.09. The van der Waals surface area contributed by atoms with Crippen LogP contribution in [0.25, 0.3) is 0 Å². The molecule has 1 heterocycles. The minimum Gasteiger partial charge on any atom is -0.360 e. The summed E-state index contributed by atoms with van der Waals surface area (Å²) in [6.45, 7) is 4.86. The molecule has 1 aromatic heterocycles. The maximum absolute atomic E-state index is 11.4. The Bertz CT molecular complexity index is 396. The Morgan fingerprint density at radius 1 is 1.47 bits per heavy atom. The zero-order valence-corrected chi connectivity index (χ0v) is 11.3. The van der Waals surface area contributed by atoms with Crippen LogP contribution in [0.15, 0.2) is 12.3 Å². The van der Waals surface area contributed by atoms with E-state index in [4.69, 9.17) is 23.2 Å². The van der Waals surface area contributed by atoms with E-state index in [9.17, 15) is 4.79 Å². The molecule has 1 aromatic rings. The van der Waals surface area contributed by atoms with Crippen LogP contribution in [0, 0.1) is 5.92 Å². The summed E-state index contributed by atoms with van der Waals surface area (Å²) in [6, 6.07) is 1.57. The second-order valence-corrected chi connectivity index (χ2v) is 4.88. The summed E-state index contributed by atoms with van der Waals surface area (Å²) in [5.74, 6) is 0.790. The van der Waals surface area contributed by atoms with E-state index in [0.29, 0.717) is 28.3 Å². The van der Waals surface area contributed by atoms with E-state index in [-0.39, 0.29) is 12.5 Å². The third kappa shape index (κ3) is 5.24. The van der Waals surface area contributed by atoms with E-state index < -0.39 is 0 Å². The second kappa shape index (κ2) is 6.67. The molecule has 0 atom stereocenters. The Hall–Kier alpha value is -1.000. The zero-order chi connectivity index (χ0) is 12.8. The van der Waals surface area contributed by atoms with Crippen molar-refractivity contribution in [1.29, 1.82) is 0 Å². The molecular weight excluding hydrogens is 261 g/mol. The van der Waals surface area contributed by atoms with Crippen molar-refractivity contribution in [3.63, 3.8) is 0 Å². The number of nitrogens with one attached hydrogen (secondary N) is 2. The number of hydrogen-bond donors (Lipinski definition) is 2. The average Bonchev–Trinajstić information content (AvgIpc) is 2.25. The van der Waals surface area contributed by atoms with Gasteiger partial charge in [0.2, 0.25) is 5.91 Å². The van der Waals surface area contributed by atoms with E-state index in [1.807, 2.05) is 13.8 Å². The largest absolute Gasteiger partial charge is 0.360 e. The Balaban J connectivity index is 2.42. The molecule has 0 bridgehead atoms. The topological polar surface area (TPSA) is 54.0 Å². The summed E-state index contributed by atoms with van der Waals surface area (Å²) in [6.07, 6.45) is 1.47. The number of aromatic nitrogens is 1. The van der Waals surface area contributed by atoms with Gasteiger partial charge in [-0.25, -0.2) is 4.98 Å². The van der Waals surface area contributed by atoms with Crippen LogP contribution in [-0.2, 0) is 4.79 Å². The average molecular weight is 276 g/mol. The number of nitrogens with zero attached hydrogens (tertiary/aromatic N) is 1. The minimum atomic E-state index is -0.0912. The fourth-order valence-electron chi connectivity index (χ4n) is 1.09. The van der Waals surface area contributed by atoms with Gasteiger partial charge in [0.25, 0.3) is 0 Å². The number of anilines is 1. The highest BCUT2D eigenvalue weighted by Crippen LogP contribution is 2.21. The van der Waals surface area contributed by atoms with Gasteiger partial charge >= 0.3 is 0 Å². The highest BCUT2D eigenvalue weighted by molar-refractivity contribution is 6.35. The van der Waals surface area contributed by atoms with Crippen molar-refractivity contribution in [2.45, 2.75) is 13.8 Å². The van der Waals surface area contributed by atoms with Crippen LogP contribution >= 0.6 is 23.2 Å². The van der Waals surface area contributed by atoms with Crippen LogP contribution in [0.3, 0.4) is 0 Å². The lowest BCUT2D eigenvalue weighted by Crippen LogP contribution is -2.32. The Morgan fingerprint density at radius 2 is 2.18 bits per heavy atom. The molecule has 0 spiro atoms. The van der Waals surface area contributed by atoms with Gasteiger partial charge in [0, 0.05) is 12.7 Å². The summed E-state index contributed by atoms with van der Waals surface area (Å²) in [5, 5.41) is 6.49. The molecule has 0 fully saturated rings. The second-order valence-electron chi connectivity index (χ2n) is 4.04. The molecule has 4 nitrogen and oxygen atoms in total. The van der Waals surface area contributed by atoms with Crippen LogP contribution in [0.5, 0.6) is 0 Å². The van der Waals surface area contributed by atoms with E-state index in [1.54, 1.807) is 6.07 Å². The fourth-order valence-corrected chi connectivity index (χ4v) is 1.54. The maximum Gasteiger partial charge on any atom is 0.239 e. The molecule has 0 aliphatic carbocycles. The standard InChI is InChI=1S/C11H15Cl2N3O/c1-7(2)4-14-10(17)6-16-11-9(13)3-8(12)5-15-11/h3,5,7H,4,6H2,1-2H3,(H,14,17)(H,15,16). The molecule has 0 saturated heterocycles. The summed E-state index contributed by atoms with van der Waals surface area (Å²) >= 11 is 11.6. The number of hydrogen-bond acceptors (Lipinski definition) is 3. The van der Waals surface area contributed by atoms with Crippen molar-refractivity contribution >= 4 is 34.9 Å². The Kier molecular flexibility index (Phi) is 5.51. The summed E-state index contributed by atoms with van der Waals surface area (Å²) in [4.78, 5) is 15.4. The third-order valence-electron chi connectivity index (χ3n) is 1.93. The Morgan fingerprint density at radius 3 is 2.76 bits per heavy atom. The molecule has 0 aromatic carbocycles. The van der Waals surface area contributed by atoms with Crippen molar-refractivity contribution in [3.05, 3.63) is 22.3 Å². The monoisotopic (exact) mass is 275 g/mol. The van der Waals surface area contributed by atoms with Gasteiger partial charge in [-0.3, -0.25) is 4.79 Å². The number of rotatable bonds is 5.